The van der Waals surface area contributed by atoms with Crippen molar-refractivity contribution in [2.45, 2.75) is 31.7 Å². The SMILES string of the molecule is NC[C@H]1CCCC(O)O1. The van der Waals surface area contributed by atoms with Gasteiger partial charge in [0.25, 0.3) is 0 Å². The zero-order valence-corrected chi connectivity index (χ0v) is 5.42. The normalized spacial score (nSPS) is 36.7. The highest BCUT2D eigenvalue weighted by molar-refractivity contribution is 4.65. The molecule has 0 spiro atoms. The minimum absolute atomic E-state index is 0.0914. The number of aliphatic hydroxyl groups excluding tert-OH is 1. The molecule has 1 heterocycles. The fourth-order valence-electron chi connectivity index (χ4n) is 1.05. The molecule has 3 N–H and O–H groups in total. The molecule has 1 fully saturated rings. The minimum Gasteiger partial charge on any atom is -0.368 e. The molecule has 0 bridgehead atoms. The number of hydrogen-bond acceptors (Lipinski definition) is 3. The number of ether oxygens (including phenoxy) is 1. The van der Waals surface area contributed by atoms with Gasteiger partial charge >= 0.3 is 0 Å². The predicted octanol–water partition coefficient (Wildman–Crippen LogP) is -0.167. The molecule has 0 amide bonds. The van der Waals surface area contributed by atoms with Gasteiger partial charge in [0, 0.05) is 6.54 Å². The van der Waals surface area contributed by atoms with Crippen molar-refractivity contribution >= 4 is 0 Å². The summed E-state index contributed by atoms with van der Waals surface area (Å²) in [5.74, 6) is 0. The molecule has 0 aromatic heterocycles. The Morgan fingerprint density at radius 3 is 2.78 bits per heavy atom. The van der Waals surface area contributed by atoms with Gasteiger partial charge in [-0.15, -0.1) is 0 Å². The Kier molecular flexibility index (Phi) is 2.45. The van der Waals surface area contributed by atoms with Gasteiger partial charge in [0.05, 0.1) is 6.10 Å². The first-order valence-electron chi connectivity index (χ1n) is 3.36. The summed E-state index contributed by atoms with van der Waals surface area (Å²) in [4.78, 5) is 0. The molecule has 0 radical (unpaired) electrons. The molecule has 0 aromatic rings. The maximum Gasteiger partial charge on any atom is 0.154 e. The smallest absolute Gasteiger partial charge is 0.154 e. The molecule has 54 valence electrons. The third-order valence-corrected chi connectivity index (χ3v) is 1.59. The van der Waals surface area contributed by atoms with E-state index in [1.54, 1.807) is 0 Å². The van der Waals surface area contributed by atoms with E-state index in [-0.39, 0.29) is 6.10 Å². The van der Waals surface area contributed by atoms with Crippen molar-refractivity contribution < 1.29 is 9.84 Å². The second-order valence-electron chi connectivity index (χ2n) is 2.38. The van der Waals surface area contributed by atoms with Crippen LogP contribution in [-0.4, -0.2) is 24.0 Å². The van der Waals surface area contributed by atoms with Gasteiger partial charge in [-0.05, 0) is 19.3 Å². The first-order chi connectivity index (χ1) is 4.33. The van der Waals surface area contributed by atoms with Crippen molar-refractivity contribution in [1.82, 2.24) is 0 Å². The average molecular weight is 131 g/mol. The molecule has 1 saturated heterocycles. The van der Waals surface area contributed by atoms with Gasteiger partial charge in [-0.3, -0.25) is 0 Å². The van der Waals surface area contributed by atoms with Crippen LogP contribution in [0.4, 0.5) is 0 Å². The Hall–Kier alpha value is -0.120. The van der Waals surface area contributed by atoms with Gasteiger partial charge in [0.1, 0.15) is 0 Å². The zero-order chi connectivity index (χ0) is 6.69. The summed E-state index contributed by atoms with van der Waals surface area (Å²) in [5.41, 5.74) is 5.33. The zero-order valence-electron chi connectivity index (χ0n) is 5.42. The van der Waals surface area contributed by atoms with Crippen molar-refractivity contribution in [1.29, 1.82) is 0 Å². The van der Waals surface area contributed by atoms with Crippen LogP contribution in [-0.2, 0) is 4.74 Å². The lowest BCUT2D eigenvalue weighted by Crippen LogP contribution is -2.32. The van der Waals surface area contributed by atoms with E-state index in [1.165, 1.54) is 0 Å². The van der Waals surface area contributed by atoms with Crippen LogP contribution < -0.4 is 5.73 Å². The van der Waals surface area contributed by atoms with E-state index in [9.17, 15) is 0 Å². The van der Waals surface area contributed by atoms with E-state index in [0.717, 1.165) is 19.3 Å². The van der Waals surface area contributed by atoms with Crippen molar-refractivity contribution in [3.8, 4) is 0 Å². The van der Waals surface area contributed by atoms with Crippen LogP contribution in [0, 0.1) is 0 Å². The van der Waals surface area contributed by atoms with Crippen LogP contribution in [0.2, 0.25) is 0 Å². The van der Waals surface area contributed by atoms with E-state index >= 15 is 0 Å². The second kappa shape index (κ2) is 3.15. The van der Waals surface area contributed by atoms with Crippen LogP contribution >= 0.6 is 0 Å². The van der Waals surface area contributed by atoms with Crippen LogP contribution in [0.15, 0.2) is 0 Å². The highest BCUT2D eigenvalue weighted by atomic mass is 16.6. The number of aliphatic hydroxyl groups is 1. The molecule has 1 aliphatic heterocycles. The molecule has 2 atom stereocenters. The highest BCUT2D eigenvalue weighted by Gasteiger charge is 2.18. The summed E-state index contributed by atoms with van der Waals surface area (Å²) >= 11 is 0. The molecule has 3 heteroatoms. The number of hydrogen-bond donors (Lipinski definition) is 2. The highest BCUT2D eigenvalue weighted by Crippen LogP contribution is 2.15. The monoisotopic (exact) mass is 131 g/mol. The minimum atomic E-state index is -0.563. The first-order valence-corrected chi connectivity index (χ1v) is 3.36. The van der Waals surface area contributed by atoms with Crippen molar-refractivity contribution in [3.05, 3.63) is 0 Å². The summed E-state index contributed by atoms with van der Waals surface area (Å²) in [6, 6.07) is 0. The van der Waals surface area contributed by atoms with Crippen molar-refractivity contribution in [2.75, 3.05) is 6.54 Å². The molecule has 3 nitrogen and oxygen atoms in total. The van der Waals surface area contributed by atoms with Gasteiger partial charge in [-0.1, -0.05) is 0 Å². The molecule has 1 rings (SSSR count). The molecular formula is C6H13NO2. The molecule has 0 saturated carbocycles. The van der Waals surface area contributed by atoms with Crippen molar-refractivity contribution in [3.63, 3.8) is 0 Å². The maximum absolute atomic E-state index is 8.93. The largest absolute Gasteiger partial charge is 0.368 e. The lowest BCUT2D eigenvalue weighted by atomic mass is 10.1. The van der Waals surface area contributed by atoms with E-state index in [4.69, 9.17) is 15.6 Å². The molecule has 1 unspecified atom stereocenters. The predicted molar refractivity (Wildman–Crippen MR) is 33.8 cm³/mol. The Bertz CT molecular complexity index is 87.1. The molecule has 9 heavy (non-hydrogen) atoms. The topological polar surface area (TPSA) is 55.5 Å². The van der Waals surface area contributed by atoms with Crippen LogP contribution in [0.3, 0.4) is 0 Å². The summed E-state index contributed by atoms with van der Waals surface area (Å²) < 4.78 is 5.07. The maximum atomic E-state index is 8.93. The third kappa shape index (κ3) is 1.93. The molecular weight excluding hydrogens is 118 g/mol. The fourth-order valence-corrected chi connectivity index (χ4v) is 1.05. The summed E-state index contributed by atoms with van der Waals surface area (Å²) in [7, 11) is 0. The standard InChI is InChI=1S/C6H13NO2/c7-4-5-2-1-3-6(8)9-5/h5-6,8H,1-4,7H2/t5-,6?/m1/s1. The summed E-state index contributed by atoms with van der Waals surface area (Å²) in [5, 5.41) is 8.93. The molecule has 0 aliphatic carbocycles. The quantitative estimate of drug-likeness (QED) is 0.519. The lowest BCUT2D eigenvalue weighted by molar-refractivity contribution is -0.159. The van der Waals surface area contributed by atoms with Crippen LogP contribution in [0.5, 0.6) is 0 Å². The summed E-state index contributed by atoms with van der Waals surface area (Å²) in [6.07, 6.45) is 2.31. The Balaban J connectivity index is 2.23. The third-order valence-electron chi connectivity index (χ3n) is 1.59. The van der Waals surface area contributed by atoms with Gasteiger partial charge < -0.3 is 15.6 Å². The van der Waals surface area contributed by atoms with E-state index in [1.807, 2.05) is 0 Å². The van der Waals surface area contributed by atoms with Crippen molar-refractivity contribution in [2.24, 2.45) is 5.73 Å². The van der Waals surface area contributed by atoms with Gasteiger partial charge in [0.2, 0.25) is 0 Å². The molecule has 1 aliphatic rings. The molecule has 0 aromatic carbocycles. The average Bonchev–Trinajstić information content (AvgIpc) is 1.88. The number of rotatable bonds is 1. The first kappa shape index (κ1) is 6.99. The van der Waals surface area contributed by atoms with Crippen LogP contribution in [0.1, 0.15) is 19.3 Å². The van der Waals surface area contributed by atoms with Gasteiger partial charge in [-0.2, -0.15) is 0 Å². The van der Waals surface area contributed by atoms with Gasteiger partial charge in [0.15, 0.2) is 6.29 Å². The fraction of sp³-hybridized carbons (Fsp3) is 1.00. The Morgan fingerprint density at radius 2 is 2.33 bits per heavy atom. The second-order valence-corrected chi connectivity index (χ2v) is 2.38. The number of nitrogens with two attached hydrogens (primary N) is 1. The summed E-state index contributed by atoms with van der Waals surface area (Å²) in [6.45, 7) is 0.525. The van der Waals surface area contributed by atoms with E-state index < -0.39 is 6.29 Å². The van der Waals surface area contributed by atoms with Gasteiger partial charge in [-0.25, -0.2) is 0 Å². The Labute approximate surface area is 54.8 Å². The lowest BCUT2D eigenvalue weighted by Gasteiger charge is -2.25. The van der Waals surface area contributed by atoms with E-state index in [2.05, 4.69) is 0 Å². The van der Waals surface area contributed by atoms with Crippen LogP contribution in [0.25, 0.3) is 0 Å². The van der Waals surface area contributed by atoms with E-state index in [0.29, 0.717) is 6.54 Å². The Morgan fingerprint density at radius 1 is 1.56 bits per heavy atom.